The Morgan fingerprint density at radius 3 is 2.65 bits per heavy atom. The lowest BCUT2D eigenvalue weighted by atomic mass is 10.1. The van der Waals surface area contributed by atoms with Gasteiger partial charge in [-0.3, -0.25) is 23.8 Å². The zero-order valence-corrected chi connectivity index (χ0v) is 26.1. The Kier molecular flexibility index (Phi) is 8.55. The molecule has 5 aromatic rings. The van der Waals surface area contributed by atoms with E-state index >= 15 is 0 Å². The normalized spacial score (nSPS) is 13.4. The fourth-order valence-electron chi connectivity index (χ4n) is 5.26. The summed E-state index contributed by atoms with van der Waals surface area (Å²) in [6, 6.07) is 13.7. The third-order valence-corrected chi connectivity index (χ3v) is 7.64. The van der Waals surface area contributed by atoms with E-state index in [0.29, 0.717) is 37.3 Å². The summed E-state index contributed by atoms with van der Waals surface area (Å²) in [5.41, 5.74) is 2.99. The summed E-state index contributed by atoms with van der Waals surface area (Å²) in [6.07, 6.45) is 8.84. The number of pyridine rings is 1. The minimum atomic E-state index is -0.570. The smallest absolute Gasteiger partial charge is 0.410 e. The van der Waals surface area contributed by atoms with Gasteiger partial charge in [0.05, 0.1) is 30.7 Å². The predicted molar refractivity (Wildman–Crippen MR) is 173 cm³/mol. The van der Waals surface area contributed by atoms with Crippen molar-refractivity contribution in [3.63, 3.8) is 0 Å². The molecule has 5 heterocycles. The number of likely N-dealkylation sites (tertiary alicyclic amines) is 1. The lowest BCUT2D eigenvalue weighted by molar-refractivity contribution is -0.121. The topological polar surface area (TPSA) is 152 Å². The number of hydrogen-bond acceptors (Lipinski definition) is 8. The van der Waals surface area contributed by atoms with Crippen LogP contribution >= 0.6 is 0 Å². The molecule has 0 aliphatic carbocycles. The van der Waals surface area contributed by atoms with E-state index in [9.17, 15) is 14.4 Å². The number of anilines is 1. The van der Waals surface area contributed by atoms with Gasteiger partial charge in [-0.1, -0.05) is 30.3 Å². The van der Waals surface area contributed by atoms with Gasteiger partial charge in [0, 0.05) is 60.4 Å². The number of ether oxygens (including phenoxy) is 1. The number of amides is 2. The zero-order chi connectivity index (χ0) is 32.3. The fourth-order valence-corrected chi connectivity index (χ4v) is 5.26. The van der Waals surface area contributed by atoms with Crippen LogP contribution in [-0.4, -0.2) is 71.4 Å². The molecule has 6 rings (SSSR count). The summed E-state index contributed by atoms with van der Waals surface area (Å²) >= 11 is 0. The molecule has 238 valence electrons. The average molecular weight is 624 g/mol. The van der Waals surface area contributed by atoms with Crippen LogP contribution in [0.2, 0.25) is 0 Å². The molecule has 13 heteroatoms. The molecule has 0 radical (unpaired) electrons. The molecule has 1 fully saturated rings. The van der Waals surface area contributed by atoms with E-state index in [0.717, 1.165) is 22.2 Å². The summed E-state index contributed by atoms with van der Waals surface area (Å²) in [4.78, 5) is 52.8. The number of carbonyl (C=O) groups excluding carboxylic acids is 2. The van der Waals surface area contributed by atoms with Gasteiger partial charge in [-0.2, -0.15) is 5.10 Å². The fraction of sp³-hybridized carbons (Fsp3) is 0.333. The Labute approximate surface area is 265 Å². The van der Waals surface area contributed by atoms with Crippen molar-refractivity contribution < 1.29 is 14.3 Å². The van der Waals surface area contributed by atoms with E-state index in [1.54, 1.807) is 34.4 Å². The van der Waals surface area contributed by atoms with E-state index < -0.39 is 11.2 Å². The van der Waals surface area contributed by atoms with Crippen LogP contribution in [0.4, 0.5) is 10.6 Å². The van der Waals surface area contributed by atoms with E-state index in [-0.39, 0.29) is 36.9 Å². The Morgan fingerprint density at radius 2 is 1.89 bits per heavy atom. The van der Waals surface area contributed by atoms with Crippen molar-refractivity contribution in [3.05, 3.63) is 95.1 Å². The van der Waals surface area contributed by atoms with Crippen LogP contribution in [0.15, 0.2) is 78.2 Å². The molecule has 0 unspecified atom stereocenters. The highest BCUT2D eigenvalue weighted by molar-refractivity contribution is 5.80. The van der Waals surface area contributed by atoms with Crippen molar-refractivity contribution in [2.75, 3.05) is 25.0 Å². The second-order valence-electron chi connectivity index (χ2n) is 12.3. The van der Waals surface area contributed by atoms with E-state index in [1.807, 2.05) is 69.4 Å². The molecule has 4 aromatic heterocycles. The maximum absolute atomic E-state index is 13.7. The predicted octanol–water partition coefficient (Wildman–Crippen LogP) is 3.75. The molecule has 46 heavy (non-hydrogen) atoms. The summed E-state index contributed by atoms with van der Waals surface area (Å²) < 4.78 is 8.64. The third kappa shape index (κ3) is 7.09. The van der Waals surface area contributed by atoms with Gasteiger partial charge in [0.2, 0.25) is 5.91 Å². The monoisotopic (exact) mass is 623 g/mol. The number of carbonyl (C=O) groups is 2. The summed E-state index contributed by atoms with van der Waals surface area (Å²) in [5.74, 6) is -0.170. The zero-order valence-electron chi connectivity index (χ0n) is 26.1. The first-order valence-electron chi connectivity index (χ1n) is 15.2. The molecule has 3 N–H and O–H groups in total. The number of aromatic amines is 1. The minimum absolute atomic E-state index is 0.0388. The molecule has 0 saturated carbocycles. The Bertz CT molecular complexity index is 1870. The number of hydrogen-bond donors (Lipinski definition) is 3. The quantitative estimate of drug-likeness (QED) is 0.213. The van der Waals surface area contributed by atoms with Gasteiger partial charge in [0.1, 0.15) is 12.1 Å². The number of rotatable bonds is 10. The highest BCUT2D eigenvalue weighted by atomic mass is 16.6. The van der Waals surface area contributed by atoms with Crippen LogP contribution in [-0.2, 0) is 29.0 Å². The van der Waals surface area contributed by atoms with Crippen molar-refractivity contribution in [2.45, 2.75) is 51.9 Å². The molecule has 0 bridgehead atoms. The number of nitrogens with zero attached hydrogens (tertiary/aromatic N) is 6. The van der Waals surface area contributed by atoms with Crippen LogP contribution in [0.1, 0.15) is 38.1 Å². The molecule has 1 aliphatic heterocycles. The first-order chi connectivity index (χ1) is 22.1. The second-order valence-corrected chi connectivity index (χ2v) is 12.3. The highest BCUT2D eigenvalue weighted by Crippen LogP contribution is 2.26. The maximum atomic E-state index is 13.7. The van der Waals surface area contributed by atoms with Crippen LogP contribution in [0.25, 0.3) is 22.2 Å². The largest absolute Gasteiger partial charge is 0.444 e. The molecule has 0 atom stereocenters. The van der Waals surface area contributed by atoms with Crippen LogP contribution in [0, 0.1) is 0 Å². The van der Waals surface area contributed by atoms with Gasteiger partial charge in [0.15, 0.2) is 5.82 Å². The lowest BCUT2D eigenvalue weighted by Gasteiger charge is -2.39. The van der Waals surface area contributed by atoms with E-state index in [2.05, 4.69) is 30.7 Å². The van der Waals surface area contributed by atoms with Gasteiger partial charge in [0.25, 0.3) is 5.56 Å². The van der Waals surface area contributed by atoms with Gasteiger partial charge < -0.3 is 25.3 Å². The number of nitrogens with one attached hydrogen (secondary N) is 3. The number of fused-ring (bicyclic) bond motifs is 1. The van der Waals surface area contributed by atoms with Gasteiger partial charge in [-0.25, -0.2) is 9.78 Å². The average Bonchev–Trinajstić information content (AvgIpc) is 3.64. The lowest BCUT2D eigenvalue weighted by Crippen LogP contribution is -2.52. The number of H-pyrrole nitrogens is 1. The van der Waals surface area contributed by atoms with Crippen LogP contribution < -0.4 is 16.2 Å². The van der Waals surface area contributed by atoms with Crippen molar-refractivity contribution in [3.8, 4) is 11.3 Å². The van der Waals surface area contributed by atoms with Crippen molar-refractivity contribution in [1.29, 1.82) is 0 Å². The third-order valence-electron chi connectivity index (χ3n) is 7.64. The molecule has 13 nitrogen and oxygen atoms in total. The molecular weight excluding hydrogens is 586 g/mol. The summed E-state index contributed by atoms with van der Waals surface area (Å²) in [7, 11) is 0. The first-order valence-corrected chi connectivity index (χ1v) is 15.2. The SMILES string of the molecule is CC(C)(C)OC(=O)N1CC(n2cc(-c3cnc(NCCc4ccccc4)c(=O)n3CC(=O)NCc3cc4cnccc4[nH]3)cn2)C1. The van der Waals surface area contributed by atoms with Crippen molar-refractivity contribution >= 4 is 28.7 Å². The Balaban J connectivity index is 1.18. The second kappa shape index (κ2) is 12.9. The Hall–Kier alpha value is -5.46. The van der Waals surface area contributed by atoms with Crippen LogP contribution in [0.3, 0.4) is 0 Å². The van der Waals surface area contributed by atoms with Gasteiger partial charge in [-0.15, -0.1) is 0 Å². The minimum Gasteiger partial charge on any atom is -0.444 e. The molecule has 0 spiro atoms. The summed E-state index contributed by atoms with van der Waals surface area (Å²) in [5, 5.41) is 11.5. The van der Waals surface area contributed by atoms with Gasteiger partial charge >= 0.3 is 6.09 Å². The molecule has 1 saturated heterocycles. The summed E-state index contributed by atoms with van der Waals surface area (Å²) in [6.45, 7) is 6.96. The van der Waals surface area contributed by atoms with E-state index in [1.165, 1.54) is 4.57 Å². The van der Waals surface area contributed by atoms with E-state index in [4.69, 9.17) is 4.74 Å². The molecule has 1 aromatic carbocycles. The molecular formula is C33H37N9O4. The van der Waals surface area contributed by atoms with Crippen molar-refractivity contribution in [1.82, 2.24) is 39.5 Å². The Morgan fingerprint density at radius 1 is 1.09 bits per heavy atom. The number of aromatic nitrogens is 6. The number of benzene rings is 1. The molecule has 1 aliphatic rings. The van der Waals surface area contributed by atoms with Crippen molar-refractivity contribution in [2.24, 2.45) is 0 Å². The molecule has 2 amide bonds. The van der Waals surface area contributed by atoms with Gasteiger partial charge in [-0.05, 0) is 44.9 Å². The highest BCUT2D eigenvalue weighted by Gasteiger charge is 2.35. The van der Waals surface area contributed by atoms with Crippen LogP contribution in [0.5, 0.6) is 0 Å². The standard InChI is InChI=1S/C33H37N9O4/c1-33(2,3)46-32(45)40-19-26(20-40)42-18-24(15-38-42)28-17-37-30(35-12-9-22-7-5-4-6-8-22)31(44)41(28)21-29(43)36-16-25-13-23-14-34-11-10-27(23)39-25/h4-8,10-11,13-15,17-18,26,39H,9,12,16,19-21H2,1-3H3,(H,35,37)(H,36,43). The first kappa shape index (κ1) is 30.6. The maximum Gasteiger partial charge on any atom is 0.410 e.